The Bertz CT molecular complexity index is 1380. The first kappa shape index (κ1) is 26.7. The minimum atomic E-state index is -6.00. The van der Waals surface area contributed by atoms with E-state index in [1.807, 2.05) is 54.6 Å². The van der Waals surface area contributed by atoms with Gasteiger partial charge in [0.05, 0.1) is 32.8 Å². The summed E-state index contributed by atoms with van der Waals surface area (Å²) in [7, 11) is -1.05. The van der Waals surface area contributed by atoms with Crippen LogP contribution in [0.2, 0.25) is 0 Å². The lowest BCUT2D eigenvalue weighted by molar-refractivity contribution is -0.401. The number of hydrogen-bond acceptors (Lipinski definition) is 4. The molecule has 0 aliphatic rings. The van der Waals surface area contributed by atoms with Gasteiger partial charge in [-0.2, -0.15) is 0 Å². The number of fused-ring (bicyclic) bond motifs is 1. The van der Waals surface area contributed by atoms with Gasteiger partial charge in [0.15, 0.2) is 5.75 Å². The van der Waals surface area contributed by atoms with E-state index in [-0.39, 0.29) is 0 Å². The fourth-order valence-electron chi connectivity index (χ4n) is 3.50. The van der Waals surface area contributed by atoms with Crippen LogP contribution in [-0.2, 0) is 6.42 Å². The van der Waals surface area contributed by atoms with Crippen molar-refractivity contribution in [3.63, 3.8) is 0 Å². The molecule has 36 heavy (non-hydrogen) atoms. The molecule has 0 aliphatic heterocycles. The second kappa shape index (κ2) is 11.7. The summed E-state index contributed by atoms with van der Waals surface area (Å²) in [5, 5.41) is 1.94. The van der Waals surface area contributed by atoms with Crippen LogP contribution in [0.1, 0.15) is 12.5 Å². The largest absolute Gasteiger partial charge is 0.673 e. The summed E-state index contributed by atoms with van der Waals surface area (Å²) >= 11 is 0. The average Bonchev–Trinajstić information content (AvgIpc) is 2.87. The summed E-state index contributed by atoms with van der Waals surface area (Å²) in [5.41, 5.74) is 3.86. The van der Waals surface area contributed by atoms with Crippen molar-refractivity contribution in [3.8, 4) is 28.6 Å². The second-order valence-corrected chi connectivity index (χ2v) is 7.62. The Kier molecular flexibility index (Phi) is 8.63. The molecule has 0 unspecified atom stereocenters. The van der Waals surface area contributed by atoms with Gasteiger partial charge in [-0.25, -0.2) is 4.99 Å². The van der Waals surface area contributed by atoms with Crippen molar-refractivity contribution in [2.24, 2.45) is 0 Å². The molecule has 0 saturated heterocycles. The lowest BCUT2D eigenvalue weighted by Crippen LogP contribution is -2.70. The minimum Gasteiger partial charge on any atom is -0.497 e. The third-order valence-electron chi connectivity index (χ3n) is 5.29. The van der Waals surface area contributed by atoms with Gasteiger partial charge in [0.25, 0.3) is 0 Å². The van der Waals surface area contributed by atoms with Gasteiger partial charge in [-0.15, -0.1) is 0 Å². The van der Waals surface area contributed by atoms with E-state index in [1.54, 1.807) is 21.3 Å². The number of ether oxygens (including phenoxy) is 3. The van der Waals surface area contributed by atoms with Crippen molar-refractivity contribution in [1.82, 2.24) is 0 Å². The van der Waals surface area contributed by atoms with Gasteiger partial charge in [-0.1, -0.05) is 13.0 Å². The summed E-state index contributed by atoms with van der Waals surface area (Å²) in [6.07, 6.45) is 0.946. The van der Waals surface area contributed by atoms with Gasteiger partial charge in [0.1, 0.15) is 22.8 Å². The molecular weight excluding hydrogens is 477 g/mol. The van der Waals surface area contributed by atoms with E-state index in [0.29, 0.717) is 5.75 Å². The van der Waals surface area contributed by atoms with Crippen LogP contribution in [0, 0.1) is 0 Å². The summed E-state index contributed by atoms with van der Waals surface area (Å²) < 4.78 is 61.4. The molecule has 0 fully saturated rings. The predicted molar refractivity (Wildman–Crippen MR) is 131 cm³/mol. The van der Waals surface area contributed by atoms with Crippen LogP contribution in [-0.4, -0.2) is 28.6 Å². The Morgan fingerprint density at radius 1 is 0.778 bits per heavy atom. The van der Waals surface area contributed by atoms with Crippen LogP contribution in [0.5, 0.6) is 17.2 Å². The van der Waals surface area contributed by atoms with Crippen LogP contribution in [0.4, 0.5) is 23.0 Å². The first-order chi connectivity index (χ1) is 17.1. The van der Waals surface area contributed by atoms with Gasteiger partial charge in [0, 0.05) is 17.7 Å². The normalized spacial score (nSPS) is 11.6. The molecule has 1 aromatic heterocycles. The highest BCUT2D eigenvalue weighted by Gasteiger charge is 2.20. The molecule has 1 heterocycles. The molecule has 4 rings (SSSR count). The Morgan fingerprint density at radius 2 is 1.42 bits per heavy atom. The summed E-state index contributed by atoms with van der Waals surface area (Å²) in [5.74, 6) is 3.00. The Labute approximate surface area is 206 Å². The maximum Gasteiger partial charge on any atom is 0.673 e. The molecule has 190 valence electrons. The van der Waals surface area contributed by atoms with Crippen molar-refractivity contribution < 1.29 is 40.9 Å². The molecular formula is C26H26BF4NO4. The van der Waals surface area contributed by atoms with Crippen molar-refractivity contribution >= 4 is 23.9 Å². The van der Waals surface area contributed by atoms with E-state index < -0.39 is 7.25 Å². The van der Waals surface area contributed by atoms with Crippen molar-refractivity contribution in [2.75, 3.05) is 21.3 Å². The van der Waals surface area contributed by atoms with Gasteiger partial charge in [0.2, 0.25) is 11.0 Å². The molecule has 0 bridgehead atoms. The van der Waals surface area contributed by atoms with Crippen molar-refractivity contribution in [3.05, 3.63) is 77.7 Å². The summed E-state index contributed by atoms with van der Waals surface area (Å²) in [6, 6.07) is 21.8. The SMILES string of the molecule is CCc1ccc2oc(-c3ccc(OC)cc3)cc(=[NH+]c3ccc(OC)cc3OC)c2c1.F[B-](F)(F)F. The number of hydrogen-bond donors (Lipinski definition) is 1. The zero-order valence-corrected chi connectivity index (χ0v) is 20.3. The van der Waals surface area contributed by atoms with Crippen LogP contribution >= 0.6 is 0 Å². The standard InChI is InChI=1S/C26H25NO4.BF4/c1-5-17-6-13-24-21(14-17)23(27-22-12-11-20(29-3)15-26(22)30-4)16-25(31-24)18-7-9-19(28-2)10-8-18;2-1(3,4)5/h6-16H,5H2,1-4H3;/q;-1/p+1. The molecule has 4 aromatic rings. The predicted octanol–water partition coefficient (Wildman–Crippen LogP) is 5.30. The highest BCUT2D eigenvalue weighted by atomic mass is 19.5. The van der Waals surface area contributed by atoms with Crippen molar-refractivity contribution in [2.45, 2.75) is 13.3 Å². The smallest absolute Gasteiger partial charge is 0.497 e. The topological polar surface area (TPSA) is 54.8 Å². The number of benzene rings is 3. The third kappa shape index (κ3) is 7.03. The average molecular weight is 503 g/mol. The molecule has 5 nitrogen and oxygen atoms in total. The Balaban J connectivity index is 0.000000658. The number of rotatable bonds is 6. The molecule has 0 saturated carbocycles. The van der Waals surface area contributed by atoms with Crippen LogP contribution in [0.3, 0.4) is 0 Å². The Morgan fingerprint density at radius 3 is 2.00 bits per heavy atom. The fourth-order valence-corrected chi connectivity index (χ4v) is 3.50. The van der Waals surface area contributed by atoms with E-state index in [4.69, 9.17) is 18.6 Å². The monoisotopic (exact) mass is 503 g/mol. The lowest BCUT2D eigenvalue weighted by atomic mass is 10.1. The van der Waals surface area contributed by atoms with Crippen LogP contribution in [0.25, 0.3) is 22.3 Å². The molecule has 10 heteroatoms. The third-order valence-corrected chi connectivity index (χ3v) is 5.29. The maximum absolute atomic E-state index is 9.75. The first-order valence-corrected chi connectivity index (χ1v) is 11.1. The minimum absolute atomic E-state index is 0.700. The number of nitrogens with one attached hydrogen (secondary N) is 1. The van der Waals surface area contributed by atoms with E-state index in [9.17, 15) is 17.3 Å². The molecule has 0 radical (unpaired) electrons. The van der Waals surface area contributed by atoms with Gasteiger partial charge < -0.3 is 35.9 Å². The quantitative estimate of drug-likeness (QED) is 0.287. The highest BCUT2D eigenvalue weighted by molar-refractivity contribution is 6.50. The first-order valence-electron chi connectivity index (χ1n) is 11.1. The van der Waals surface area contributed by atoms with Gasteiger partial charge in [-0.3, -0.25) is 0 Å². The number of halogens is 4. The van der Waals surface area contributed by atoms with E-state index >= 15 is 0 Å². The molecule has 3 aromatic carbocycles. The van der Waals surface area contributed by atoms with E-state index in [2.05, 4.69) is 24.0 Å². The van der Waals surface area contributed by atoms with E-state index in [1.165, 1.54) is 5.56 Å². The summed E-state index contributed by atoms with van der Waals surface area (Å²) in [6.45, 7) is 2.14. The molecule has 1 N–H and O–H groups in total. The van der Waals surface area contributed by atoms with Gasteiger partial charge in [-0.05, 0) is 54.4 Å². The maximum atomic E-state index is 9.75. The van der Waals surface area contributed by atoms with Gasteiger partial charge >= 0.3 is 7.25 Å². The van der Waals surface area contributed by atoms with Crippen LogP contribution in [0.15, 0.2) is 71.1 Å². The molecule has 0 atom stereocenters. The molecule has 0 amide bonds. The number of aryl methyl sites for hydroxylation is 1. The Hall–Kier alpha value is -3.95. The van der Waals surface area contributed by atoms with E-state index in [0.717, 1.165) is 51.3 Å². The summed E-state index contributed by atoms with van der Waals surface area (Å²) in [4.78, 5) is 3.54. The highest BCUT2D eigenvalue weighted by Crippen LogP contribution is 2.26. The zero-order chi connectivity index (χ0) is 26.3. The van der Waals surface area contributed by atoms with Crippen molar-refractivity contribution in [1.29, 1.82) is 0 Å². The lowest BCUT2D eigenvalue weighted by Gasteiger charge is -2.06. The second-order valence-electron chi connectivity index (χ2n) is 7.62. The fraction of sp³-hybridized carbons (Fsp3) is 0.192. The zero-order valence-electron chi connectivity index (χ0n) is 20.3. The molecule has 0 spiro atoms. The number of methoxy groups -OCH3 is 3. The molecule has 0 aliphatic carbocycles. The van der Waals surface area contributed by atoms with Crippen LogP contribution < -0.4 is 24.6 Å².